The van der Waals surface area contributed by atoms with Gasteiger partial charge in [-0.3, -0.25) is 9.69 Å². The highest BCUT2D eigenvalue weighted by Gasteiger charge is 2.08. The summed E-state index contributed by atoms with van der Waals surface area (Å²) in [4.78, 5) is 17.1. The number of nitrogens with one attached hydrogen (secondary N) is 1. The number of rotatable bonds is 12. The average molecular weight is 437 g/mol. The molecule has 0 radical (unpaired) electrons. The molecule has 28 heavy (non-hydrogen) atoms. The lowest BCUT2D eigenvalue weighted by Gasteiger charge is -2.10. The summed E-state index contributed by atoms with van der Waals surface area (Å²) < 4.78 is 5.26. The van der Waals surface area contributed by atoms with Gasteiger partial charge in [-0.05, 0) is 56.3 Å². The first-order valence-electron chi connectivity index (χ1n) is 9.72. The topological polar surface area (TPSA) is 45.5 Å². The predicted molar refractivity (Wildman–Crippen MR) is 123 cm³/mol. The Kier molecular flexibility index (Phi) is 9.56. The quantitative estimate of drug-likeness (QED) is 0.487. The van der Waals surface area contributed by atoms with E-state index >= 15 is 0 Å². The van der Waals surface area contributed by atoms with E-state index in [0.29, 0.717) is 5.75 Å². The van der Waals surface area contributed by atoms with Gasteiger partial charge in [-0.1, -0.05) is 6.08 Å². The fourth-order valence-corrected chi connectivity index (χ4v) is 5.64. The van der Waals surface area contributed by atoms with Gasteiger partial charge in [-0.2, -0.15) is 11.8 Å². The number of nitrogens with zero attached hydrogens (tertiary/aromatic N) is 1. The minimum Gasteiger partial charge on any atom is -0.468 e. The van der Waals surface area contributed by atoms with E-state index in [-0.39, 0.29) is 5.91 Å². The lowest BCUT2D eigenvalue weighted by atomic mass is 10.4. The zero-order chi connectivity index (χ0) is 19.4. The molecule has 0 saturated carbocycles. The molecule has 1 aliphatic rings. The summed E-state index contributed by atoms with van der Waals surface area (Å²) in [5.41, 5.74) is 0. The molecule has 7 heteroatoms. The summed E-state index contributed by atoms with van der Waals surface area (Å²) in [5.74, 6) is 4.17. The van der Waals surface area contributed by atoms with Crippen molar-refractivity contribution >= 4 is 46.8 Å². The van der Waals surface area contributed by atoms with Crippen LogP contribution < -0.4 is 5.32 Å². The highest BCUT2D eigenvalue weighted by molar-refractivity contribution is 7.99. The maximum absolute atomic E-state index is 11.8. The molecule has 4 nitrogen and oxygen atoms in total. The molecular weight excluding hydrogens is 408 g/mol. The van der Waals surface area contributed by atoms with Crippen LogP contribution in [0.1, 0.15) is 28.4 Å². The lowest BCUT2D eigenvalue weighted by molar-refractivity contribution is -0.118. The third-order valence-electron chi connectivity index (χ3n) is 4.40. The number of amides is 1. The van der Waals surface area contributed by atoms with Crippen molar-refractivity contribution in [2.45, 2.75) is 24.3 Å². The molecule has 1 fully saturated rings. The molecule has 2 aromatic rings. The molecular formula is C21H28N2O2S3. The van der Waals surface area contributed by atoms with Gasteiger partial charge in [-0.25, -0.2) is 0 Å². The van der Waals surface area contributed by atoms with Crippen LogP contribution in [0.5, 0.6) is 0 Å². The number of furan rings is 1. The van der Waals surface area contributed by atoms with Crippen LogP contribution >= 0.6 is 34.9 Å². The first-order valence-corrected chi connectivity index (χ1v) is 12.8. The third-order valence-corrected chi connectivity index (χ3v) is 7.59. The summed E-state index contributed by atoms with van der Waals surface area (Å²) >= 11 is 5.31. The first kappa shape index (κ1) is 21.6. The Bertz CT molecular complexity index is 722. The SMILES string of the molecule is O=C(CSCc1ccco1)NCCSCc1ccc(/C=C/CN2CCCC2)s1. The highest BCUT2D eigenvalue weighted by atomic mass is 32.2. The standard InChI is InChI=1S/C21H28N2O2S3/c24-21(17-27-15-18-5-4-13-25-18)22-9-14-26-16-20-8-7-19(28-20)6-3-12-23-10-1-2-11-23/h3-8,13H,1-2,9-12,14-17H2,(H,22,24)/b6-3+. The number of thioether (sulfide) groups is 2. The fraction of sp³-hybridized carbons (Fsp3) is 0.476. The van der Waals surface area contributed by atoms with Crippen LogP contribution in [0.25, 0.3) is 6.08 Å². The van der Waals surface area contributed by atoms with E-state index in [4.69, 9.17) is 4.42 Å². The van der Waals surface area contributed by atoms with Gasteiger partial charge < -0.3 is 9.73 Å². The summed E-state index contributed by atoms with van der Waals surface area (Å²) in [7, 11) is 0. The first-order chi connectivity index (χ1) is 13.8. The van der Waals surface area contributed by atoms with Crippen molar-refractivity contribution in [2.75, 3.05) is 37.7 Å². The molecule has 1 N–H and O–H groups in total. The summed E-state index contributed by atoms with van der Waals surface area (Å²) in [5, 5.41) is 2.99. The normalized spacial score (nSPS) is 14.9. The maximum atomic E-state index is 11.8. The van der Waals surface area contributed by atoms with E-state index < -0.39 is 0 Å². The largest absolute Gasteiger partial charge is 0.468 e. The second-order valence-corrected chi connectivity index (χ2v) is 9.98. The molecule has 152 valence electrons. The molecule has 1 aliphatic heterocycles. The zero-order valence-electron chi connectivity index (χ0n) is 16.1. The number of thiophene rings is 1. The van der Waals surface area contributed by atoms with Crippen molar-refractivity contribution in [3.05, 3.63) is 52.1 Å². The Balaban J connectivity index is 1.21. The second-order valence-electron chi connectivity index (χ2n) is 6.69. The van der Waals surface area contributed by atoms with Crippen LogP contribution in [-0.2, 0) is 16.3 Å². The molecule has 0 spiro atoms. The fourth-order valence-electron chi connectivity index (χ4n) is 2.97. The van der Waals surface area contributed by atoms with Crippen molar-refractivity contribution in [1.82, 2.24) is 10.2 Å². The van der Waals surface area contributed by atoms with Crippen molar-refractivity contribution in [3.63, 3.8) is 0 Å². The number of hydrogen-bond acceptors (Lipinski definition) is 6. The summed E-state index contributed by atoms with van der Waals surface area (Å²) in [6.07, 6.45) is 8.89. The van der Waals surface area contributed by atoms with Crippen molar-refractivity contribution in [1.29, 1.82) is 0 Å². The molecule has 0 unspecified atom stereocenters. The van der Waals surface area contributed by atoms with E-state index in [2.05, 4.69) is 34.5 Å². The van der Waals surface area contributed by atoms with Crippen LogP contribution in [0.4, 0.5) is 0 Å². The maximum Gasteiger partial charge on any atom is 0.230 e. The van der Waals surface area contributed by atoms with Crippen LogP contribution in [-0.4, -0.2) is 48.5 Å². The number of carbonyl (C=O) groups excluding carboxylic acids is 1. The third kappa shape index (κ3) is 8.07. The van der Waals surface area contributed by atoms with E-state index in [0.717, 1.165) is 36.1 Å². The van der Waals surface area contributed by atoms with E-state index in [9.17, 15) is 4.79 Å². The van der Waals surface area contributed by atoms with Crippen molar-refractivity contribution in [3.8, 4) is 0 Å². The molecule has 3 heterocycles. The van der Waals surface area contributed by atoms with Gasteiger partial charge in [0.25, 0.3) is 0 Å². The molecule has 3 rings (SSSR count). The van der Waals surface area contributed by atoms with Crippen LogP contribution in [0.15, 0.2) is 41.0 Å². The molecule has 0 aromatic carbocycles. The Morgan fingerprint density at radius 2 is 2.11 bits per heavy atom. The number of carbonyl (C=O) groups is 1. The monoisotopic (exact) mass is 436 g/mol. The zero-order valence-corrected chi connectivity index (χ0v) is 18.6. The molecule has 0 bridgehead atoms. The Hall–Kier alpha value is -1.15. The van der Waals surface area contributed by atoms with Gasteiger partial charge >= 0.3 is 0 Å². The van der Waals surface area contributed by atoms with Gasteiger partial charge in [0.2, 0.25) is 5.91 Å². The van der Waals surface area contributed by atoms with Crippen molar-refractivity contribution < 1.29 is 9.21 Å². The van der Waals surface area contributed by atoms with Gasteiger partial charge in [-0.15, -0.1) is 23.1 Å². The van der Waals surface area contributed by atoms with E-state index in [1.54, 1.807) is 18.0 Å². The van der Waals surface area contributed by atoms with Gasteiger partial charge in [0.05, 0.1) is 17.8 Å². The van der Waals surface area contributed by atoms with Crippen molar-refractivity contribution in [2.24, 2.45) is 0 Å². The summed E-state index contributed by atoms with van der Waals surface area (Å²) in [6, 6.07) is 8.23. The Labute approximate surface area is 180 Å². The minimum absolute atomic E-state index is 0.0960. The Morgan fingerprint density at radius 3 is 2.93 bits per heavy atom. The molecule has 1 amide bonds. The van der Waals surface area contributed by atoms with Crippen LogP contribution in [0.3, 0.4) is 0 Å². The minimum atomic E-state index is 0.0960. The average Bonchev–Trinajstić information content (AvgIpc) is 3.45. The molecule has 2 aromatic heterocycles. The second kappa shape index (κ2) is 12.4. The van der Waals surface area contributed by atoms with Crippen LogP contribution in [0.2, 0.25) is 0 Å². The van der Waals surface area contributed by atoms with Gasteiger partial charge in [0, 0.05) is 34.3 Å². The molecule has 0 atom stereocenters. The number of hydrogen-bond donors (Lipinski definition) is 1. The predicted octanol–water partition coefficient (Wildman–Crippen LogP) is 4.73. The molecule has 0 aliphatic carbocycles. The number of likely N-dealkylation sites (tertiary alicyclic amines) is 1. The van der Waals surface area contributed by atoms with Gasteiger partial charge in [0.1, 0.15) is 5.76 Å². The lowest BCUT2D eigenvalue weighted by Crippen LogP contribution is -2.27. The van der Waals surface area contributed by atoms with Gasteiger partial charge in [0.15, 0.2) is 0 Å². The molecule has 1 saturated heterocycles. The highest BCUT2D eigenvalue weighted by Crippen LogP contribution is 2.22. The van der Waals surface area contributed by atoms with E-state index in [1.807, 2.05) is 35.2 Å². The van der Waals surface area contributed by atoms with E-state index in [1.165, 1.54) is 35.7 Å². The van der Waals surface area contributed by atoms with Crippen LogP contribution in [0, 0.1) is 0 Å². The summed E-state index contributed by atoms with van der Waals surface area (Å²) in [6.45, 7) is 4.28. The smallest absolute Gasteiger partial charge is 0.230 e. The Morgan fingerprint density at radius 1 is 1.21 bits per heavy atom.